The second-order valence-electron chi connectivity index (χ2n) is 3.43. The summed E-state index contributed by atoms with van der Waals surface area (Å²) in [6.07, 6.45) is 1.85. The Labute approximate surface area is 81.9 Å². The van der Waals surface area contributed by atoms with E-state index >= 15 is 0 Å². The van der Waals surface area contributed by atoms with Crippen molar-refractivity contribution in [1.29, 1.82) is 0 Å². The van der Waals surface area contributed by atoms with Crippen molar-refractivity contribution < 1.29 is 4.79 Å². The number of aromatic amines is 1. The molecule has 0 amide bonds. The first-order valence-corrected chi connectivity index (χ1v) is 4.55. The quantitative estimate of drug-likeness (QED) is 0.705. The summed E-state index contributed by atoms with van der Waals surface area (Å²) in [5, 5.41) is 1.04. The average Bonchev–Trinajstić information content (AvgIpc) is 2.62. The number of rotatable bonds is 2. The Morgan fingerprint density at radius 3 is 2.93 bits per heavy atom. The number of Topliss-reactive ketones (excluding diaryl/α,β-unsaturated/α-hetero) is 1. The second-order valence-corrected chi connectivity index (χ2v) is 3.43. The van der Waals surface area contributed by atoms with Crippen LogP contribution >= 0.6 is 0 Å². The summed E-state index contributed by atoms with van der Waals surface area (Å²) in [5.74, 6) is -0.0203. The highest BCUT2D eigenvalue weighted by molar-refractivity contribution is 6.02. The van der Waals surface area contributed by atoms with Gasteiger partial charge in [-0.15, -0.1) is 0 Å². The third-order valence-electron chi connectivity index (χ3n) is 2.25. The number of nitrogens with one attached hydrogen (secondary N) is 1. The van der Waals surface area contributed by atoms with Gasteiger partial charge in [0.2, 0.25) is 0 Å². The summed E-state index contributed by atoms with van der Waals surface area (Å²) in [7, 11) is 0. The first-order valence-electron chi connectivity index (χ1n) is 4.55. The third-order valence-corrected chi connectivity index (χ3v) is 2.25. The highest BCUT2D eigenvalue weighted by Crippen LogP contribution is 2.15. The van der Waals surface area contributed by atoms with Gasteiger partial charge >= 0.3 is 0 Å². The smallest absolute Gasteiger partial charge is 0.179 e. The topological polar surface area (TPSA) is 58.9 Å². The number of aromatic nitrogens is 1. The standard InChI is InChI=1S/C11H12N2O/c1-7(12)11(14)9-2-3-10-8(6-9)4-5-13-10/h2-7,13H,12H2,1H3. The summed E-state index contributed by atoms with van der Waals surface area (Å²) in [5.41, 5.74) is 7.24. The maximum absolute atomic E-state index is 11.6. The molecule has 2 aromatic rings. The first kappa shape index (κ1) is 8.97. The number of hydrogen-bond donors (Lipinski definition) is 2. The lowest BCUT2D eigenvalue weighted by atomic mass is 10.0. The van der Waals surface area contributed by atoms with E-state index in [1.165, 1.54) is 0 Å². The number of benzene rings is 1. The van der Waals surface area contributed by atoms with Crippen LogP contribution in [0.5, 0.6) is 0 Å². The molecule has 1 heterocycles. The minimum absolute atomic E-state index is 0.0203. The number of carbonyl (C=O) groups is 1. The molecule has 0 bridgehead atoms. The number of nitrogens with two attached hydrogens (primary N) is 1. The zero-order valence-corrected chi connectivity index (χ0v) is 7.95. The Morgan fingerprint density at radius 1 is 1.43 bits per heavy atom. The molecule has 1 aromatic carbocycles. The van der Waals surface area contributed by atoms with Crippen molar-refractivity contribution in [2.24, 2.45) is 5.73 Å². The molecule has 0 aliphatic rings. The van der Waals surface area contributed by atoms with E-state index in [0.717, 1.165) is 10.9 Å². The lowest BCUT2D eigenvalue weighted by molar-refractivity contribution is 0.0968. The van der Waals surface area contributed by atoms with Crippen molar-refractivity contribution >= 4 is 16.7 Å². The van der Waals surface area contributed by atoms with E-state index in [4.69, 9.17) is 5.73 Å². The van der Waals surface area contributed by atoms with E-state index in [9.17, 15) is 4.79 Å². The largest absolute Gasteiger partial charge is 0.361 e. The summed E-state index contributed by atoms with van der Waals surface area (Å²) < 4.78 is 0. The van der Waals surface area contributed by atoms with Crippen LogP contribution < -0.4 is 5.73 Å². The second kappa shape index (κ2) is 3.27. The van der Waals surface area contributed by atoms with Gasteiger partial charge in [-0.25, -0.2) is 0 Å². The predicted octanol–water partition coefficient (Wildman–Crippen LogP) is 1.70. The molecule has 0 spiro atoms. The molecule has 1 aromatic heterocycles. The Kier molecular flexibility index (Phi) is 2.09. The third kappa shape index (κ3) is 1.42. The molecule has 72 valence electrons. The fourth-order valence-corrected chi connectivity index (χ4v) is 1.47. The summed E-state index contributed by atoms with van der Waals surface area (Å²) in [4.78, 5) is 14.6. The zero-order chi connectivity index (χ0) is 10.1. The Morgan fingerprint density at radius 2 is 2.21 bits per heavy atom. The van der Waals surface area contributed by atoms with Crippen LogP contribution in [0.1, 0.15) is 17.3 Å². The molecule has 0 aliphatic heterocycles. The Hall–Kier alpha value is -1.61. The monoisotopic (exact) mass is 188 g/mol. The molecule has 0 fully saturated rings. The Bertz CT molecular complexity index is 471. The molecular weight excluding hydrogens is 176 g/mol. The lowest BCUT2D eigenvalue weighted by Crippen LogP contribution is -2.26. The zero-order valence-electron chi connectivity index (χ0n) is 7.95. The summed E-state index contributed by atoms with van der Waals surface area (Å²) in [6.45, 7) is 1.70. The van der Waals surface area contributed by atoms with Crippen LogP contribution in [0.3, 0.4) is 0 Å². The number of hydrogen-bond acceptors (Lipinski definition) is 2. The molecule has 2 rings (SSSR count). The van der Waals surface area contributed by atoms with Crippen LogP contribution in [0, 0.1) is 0 Å². The van der Waals surface area contributed by atoms with Gasteiger partial charge in [0, 0.05) is 22.7 Å². The molecule has 3 heteroatoms. The molecule has 0 saturated carbocycles. The van der Waals surface area contributed by atoms with E-state index in [1.807, 2.05) is 24.4 Å². The minimum atomic E-state index is -0.439. The molecular formula is C11H12N2O. The average molecular weight is 188 g/mol. The predicted molar refractivity (Wildman–Crippen MR) is 56.3 cm³/mol. The van der Waals surface area contributed by atoms with Crippen LogP contribution in [0.4, 0.5) is 0 Å². The van der Waals surface area contributed by atoms with E-state index in [2.05, 4.69) is 4.98 Å². The van der Waals surface area contributed by atoms with Gasteiger partial charge in [-0.3, -0.25) is 4.79 Å². The van der Waals surface area contributed by atoms with Crippen LogP contribution in [0.25, 0.3) is 10.9 Å². The maximum Gasteiger partial charge on any atom is 0.179 e. The fourth-order valence-electron chi connectivity index (χ4n) is 1.47. The Balaban J connectivity index is 2.48. The van der Waals surface area contributed by atoms with E-state index < -0.39 is 6.04 Å². The molecule has 0 radical (unpaired) electrons. The van der Waals surface area contributed by atoms with E-state index in [1.54, 1.807) is 13.0 Å². The van der Waals surface area contributed by atoms with Crippen molar-refractivity contribution in [3.05, 3.63) is 36.0 Å². The molecule has 1 unspecified atom stereocenters. The molecule has 1 atom stereocenters. The van der Waals surface area contributed by atoms with Crippen molar-refractivity contribution in [3.8, 4) is 0 Å². The molecule has 14 heavy (non-hydrogen) atoms. The molecule has 0 saturated heterocycles. The van der Waals surface area contributed by atoms with Crippen LogP contribution in [0.2, 0.25) is 0 Å². The lowest BCUT2D eigenvalue weighted by Gasteiger charge is -2.03. The maximum atomic E-state index is 11.6. The van der Waals surface area contributed by atoms with Gasteiger partial charge in [0.1, 0.15) is 0 Å². The van der Waals surface area contributed by atoms with Gasteiger partial charge in [-0.2, -0.15) is 0 Å². The fraction of sp³-hybridized carbons (Fsp3) is 0.182. The van der Waals surface area contributed by atoms with Crippen molar-refractivity contribution in [1.82, 2.24) is 4.98 Å². The minimum Gasteiger partial charge on any atom is -0.361 e. The van der Waals surface area contributed by atoms with Gasteiger partial charge in [0.25, 0.3) is 0 Å². The highest BCUT2D eigenvalue weighted by atomic mass is 16.1. The van der Waals surface area contributed by atoms with Gasteiger partial charge in [0.15, 0.2) is 5.78 Å². The summed E-state index contributed by atoms with van der Waals surface area (Å²) in [6, 6.07) is 7.05. The van der Waals surface area contributed by atoms with Crippen molar-refractivity contribution in [2.75, 3.05) is 0 Å². The number of H-pyrrole nitrogens is 1. The van der Waals surface area contributed by atoms with Crippen LogP contribution in [0.15, 0.2) is 30.5 Å². The SMILES string of the molecule is CC(N)C(=O)c1ccc2[nH]ccc2c1. The van der Waals surface area contributed by atoms with Gasteiger partial charge in [0.05, 0.1) is 6.04 Å². The van der Waals surface area contributed by atoms with E-state index in [0.29, 0.717) is 5.56 Å². The van der Waals surface area contributed by atoms with Gasteiger partial charge < -0.3 is 10.7 Å². The van der Waals surface area contributed by atoms with Crippen LogP contribution in [-0.2, 0) is 0 Å². The number of carbonyl (C=O) groups excluding carboxylic acids is 1. The molecule has 3 nitrogen and oxygen atoms in total. The van der Waals surface area contributed by atoms with Gasteiger partial charge in [-0.1, -0.05) is 0 Å². The number of fused-ring (bicyclic) bond motifs is 1. The van der Waals surface area contributed by atoms with Crippen LogP contribution in [-0.4, -0.2) is 16.8 Å². The number of ketones is 1. The first-order chi connectivity index (χ1) is 6.68. The highest BCUT2D eigenvalue weighted by Gasteiger charge is 2.10. The van der Waals surface area contributed by atoms with Crippen molar-refractivity contribution in [3.63, 3.8) is 0 Å². The van der Waals surface area contributed by atoms with Crippen molar-refractivity contribution in [2.45, 2.75) is 13.0 Å². The normalized spacial score (nSPS) is 13.0. The molecule has 0 aliphatic carbocycles. The molecule has 3 N–H and O–H groups in total. The summed E-state index contributed by atoms with van der Waals surface area (Å²) >= 11 is 0. The van der Waals surface area contributed by atoms with E-state index in [-0.39, 0.29) is 5.78 Å². The van der Waals surface area contributed by atoms with Gasteiger partial charge in [-0.05, 0) is 31.2 Å².